The molecule has 0 radical (unpaired) electrons. The fraction of sp³-hybridized carbons (Fsp3) is 0.333. The second kappa shape index (κ2) is 5.06. The molecule has 0 fully saturated rings. The predicted octanol–water partition coefficient (Wildman–Crippen LogP) is 4.79. The second-order valence-corrected chi connectivity index (χ2v) is 7.83. The zero-order valence-electron chi connectivity index (χ0n) is 13.6. The summed E-state index contributed by atoms with van der Waals surface area (Å²) in [5, 5.41) is 0. The lowest BCUT2D eigenvalue weighted by molar-refractivity contribution is 0.111. The van der Waals surface area contributed by atoms with Crippen LogP contribution >= 0.6 is 11.3 Å². The number of benzene rings is 1. The molecule has 22 heavy (non-hydrogen) atoms. The maximum absolute atomic E-state index is 11.4. The van der Waals surface area contributed by atoms with E-state index in [1.165, 1.54) is 10.4 Å². The Bertz CT molecular complexity index is 848. The Morgan fingerprint density at radius 2 is 1.77 bits per heavy atom. The molecule has 0 aliphatic carbocycles. The second-order valence-electron chi connectivity index (χ2n) is 6.65. The molecule has 2 aromatic heterocycles. The number of hydrogen-bond donors (Lipinski definition) is 0. The van der Waals surface area contributed by atoms with Gasteiger partial charge >= 0.3 is 0 Å². The Morgan fingerprint density at radius 3 is 2.32 bits per heavy atom. The highest BCUT2D eigenvalue weighted by Crippen LogP contribution is 2.34. The fourth-order valence-electron chi connectivity index (χ4n) is 2.74. The number of imidazole rings is 1. The lowest BCUT2D eigenvalue weighted by atomic mass is 9.86. The van der Waals surface area contributed by atoms with Crippen molar-refractivity contribution in [3.8, 4) is 11.3 Å². The molecule has 0 amide bonds. The maximum atomic E-state index is 11.4. The number of aldehydes is 1. The van der Waals surface area contributed by atoms with E-state index in [2.05, 4.69) is 56.9 Å². The van der Waals surface area contributed by atoms with Gasteiger partial charge in [0.2, 0.25) is 0 Å². The molecular formula is C18H20N2OS. The van der Waals surface area contributed by atoms with Crippen LogP contribution in [0, 0.1) is 13.8 Å². The zero-order valence-corrected chi connectivity index (χ0v) is 14.4. The van der Waals surface area contributed by atoms with Gasteiger partial charge in [-0.3, -0.25) is 9.20 Å². The van der Waals surface area contributed by atoms with Crippen molar-refractivity contribution in [2.45, 2.75) is 40.0 Å². The molecule has 3 nitrogen and oxygen atoms in total. The summed E-state index contributed by atoms with van der Waals surface area (Å²) < 4.78 is 1.98. The average Bonchev–Trinajstić information content (AvgIpc) is 2.90. The Balaban J connectivity index is 2.21. The maximum Gasteiger partial charge on any atom is 0.195 e. The predicted molar refractivity (Wildman–Crippen MR) is 92.1 cm³/mol. The number of thiazole rings is 1. The molecule has 0 atom stereocenters. The van der Waals surface area contributed by atoms with Crippen molar-refractivity contribution in [1.29, 1.82) is 0 Å². The summed E-state index contributed by atoms with van der Waals surface area (Å²) in [4.78, 5) is 18.0. The fourth-order valence-corrected chi connectivity index (χ4v) is 3.78. The van der Waals surface area contributed by atoms with Crippen molar-refractivity contribution in [1.82, 2.24) is 9.38 Å². The standard InChI is InChI=1S/C18H20N2OS/c1-11-15(10-21)20-16(12(2)22-17(20)19-11)13-6-8-14(9-7-13)18(3,4)5/h6-10H,1-5H3. The highest BCUT2D eigenvalue weighted by molar-refractivity contribution is 7.17. The van der Waals surface area contributed by atoms with E-state index in [9.17, 15) is 4.79 Å². The number of carbonyl (C=O) groups excluding carboxylic acids is 1. The van der Waals surface area contributed by atoms with Gasteiger partial charge in [-0.05, 0) is 30.4 Å². The summed E-state index contributed by atoms with van der Waals surface area (Å²) in [6.07, 6.45) is 0.897. The van der Waals surface area contributed by atoms with Crippen LogP contribution in [-0.4, -0.2) is 15.7 Å². The molecule has 0 saturated carbocycles. The first kappa shape index (κ1) is 15.0. The molecule has 1 aromatic carbocycles. The van der Waals surface area contributed by atoms with Crippen LogP contribution in [0.2, 0.25) is 0 Å². The quantitative estimate of drug-likeness (QED) is 0.638. The molecule has 0 bridgehead atoms. The first-order valence-corrected chi connectivity index (χ1v) is 8.19. The van der Waals surface area contributed by atoms with Crippen LogP contribution in [-0.2, 0) is 5.41 Å². The van der Waals surface area contributed by atoms with Crippen molar-refractivity contribution in [3.05, 3.63) is 46.1 Å². The number of aromatic nitrogens is 2. The molecule has 114 valence electrons. The number of nitrogens with zero attached hydrogens (tertiary/aromatic N) is 2. The van der Waals surface area contributed by atoms with E-state index >= 15 is 0 Å². The van der Waals surface area contributed by atoms with Gasteiger partial charge in [-0.2, -0.15) is 0 Å². The molecule has 4 heteroatoms. The first-order chi connectivity index (χ1) is 10.3. The van der Waals surface area contributed by atoms with Gasteiger partial charge in [0.15, 0.2) is 11.2 Å². The SMILES string of the molecule is Cc1nc2sc(C)c(-c3ccc(C(C)(C)C)cc3)n2c1C=O. The van der Waals surface area contributed by atoms with Gasteiger partial charge in [-0.15, -0.1) is 11.3 Å². The number of fused-ring (bicyclic) bond motifs is 1. The highest BCUT2D eigenvalue weighted by atomic mass is 32.1. The third kappa shape index (κ3) is 2.28. The molecule has 0 spiro atoms. The van der Waals surface area contributed by atoms with Crippen molar-refractivity contribution in [3.63, 3.8) is 0 Å². The Hall–Kier alpha value is -1.94. The van der Waals surface area contributed by atoms with E-state index in [1.54, 1.807) is 11.3 Å². The van der Waals surface area contributed by atoms with E-state index in [-0.39, 0.29) is 5.41 Å². The monoisotopic (exact) mass is 312 g/mol. The number of rotatable bonds is 2. The lowest BCUT2D eigenvalue weighted by Gasteiger charge is -2.19. The number of carbonyl (C=O) groups is 1. The van der Waals surface area contributed by atoms with E-state index < -0.39 is 0 Å². The minimum absolute atomic E-state index is 0.136. The summed E-state index contributed by atoms with van der Waals surface area (Å²) in [7, 11) is 0. The van der Waals surface area contributed by atoms with Gasteiger partial charge in [-0.25, -0.2) is 4.98 Å². The largest absolute Gasteiger partial charge is 0.296 e. The Kier molecular flexibility index (Phi) is 3.44. The highest BCUT2D eigenvalue weighted by Gasteiger charge is 2.19. The topological polar surface area (TPSA) is 34.4 Å². The van der Waals surface area contributed by atoms with Gasteiger partial charge in [-0.1, -0.05) is 45.0 Å². The molecule has 2 heterocycles. The van der Waals surface area contributed by atoms with Crippen LogP contribution in [0.1, 0.15) is 47.4 Å². The first-order valence-electron chi connectivity index (χ1n) is 7.37. The molecule has 0 N–H and O–H groups in total. The van der Waals surface area contributed by atoms with Gasteiger partial charge in [0.05, 0.1) is 11.4 Å². The van der Waals surface area contributed by atoms with Crippen LogP contribution in [0.4, 0.5) is 0 Å². The normalized spacial score (nSPS) is 12.0. The third-order valence-electron chi connectivity index (χ3n) is 4.00. The summed E-state index contributed by atoms with van der Waals surface area (Å²) in [6.45, 7) is 10.6. The van der Waals surface area contributed by atoms with Gasteiger partial charge in [0, 0.05) is 4.88 Å². The van der Waals surface area contributed by atoms with Crippen molar-refractivity contribution < 1.29 is 4.79 Å². The third-order valence-corrected chi connectivity index (χ3v) is 4.96. The van der Waals surface area contributed by atoms with Crippen molar-refractivity contribution in [2.24, 2.45) is 0 Å². The molecule has 0 unspecified atom stereocenters. The molecule has 0 saturated heterocycles. The smallest absolute Gasteiger partial charge is 0.195 e. The summed E-state index contributed by atoms with van der Waals surface area (Å²) >= 11 is 1.63. The molecule has 3 aromatic rings. The van der Waals surface area contributed by atoms with E-state index in [1.807, 2.05) is 11.3 Å². The zero-order chi connectivity index (χ0) is 16.1. The molecular weight excluding hydrogens is 292 g/mol. The van der Waals surface area contributed by atoms with Crippen molar-refractivity contribution in [2.75, 3.05) is 0 Å². The van der Waals surface area contributed by atoms with Gasteiger partial charge in [0.25, 0.3) is 0 Å². The average molecular weight is 312 g/mol. The van der Waals surface area contributed by atoms with Crippen molar-refractivity contribution >= 4 is 22.6 Å². The molecule has 3 rings (SSSR count). The summed E-state index contributed by atoms with van der Waals surface area (Å²) in [5.41, 5.74) is 5.07. The Morgan fingerprint density at radius 1 is 1.14 bits per heavy atom. The molecule has 0 aliphatic heterocycles. The van der Waals surface area contributed by atoms with Crippen LogP contribution in [0.5, 0.6) is 0 Å². The van der Waals surface area contributed by atoms with E-state index in [0.29, 0.717) is 5.69 Å². The summed E-state index contributed by atoms with van der Waals surface area (Å²) in [5.74, 6) is 0. The van der Waals surface area contributed by atoms with Gasteiger partial charge < -0.3 is 0 Å². The van der Waals surface area contributed by atoms with Crippen LogP contribution < -0.4 is 0 Å². The van der Waals surface area contributed by atoms with Gasteiger partial charge in [0.1, 0.15) is 5.69 Å². The Labute approximate surface area is 134 Å². The minimum Gasteiger partial charge on any atom is -0.296 e. The van der Waals surface area contributed by atoms with Crippen LogP contribution in [0.3, 0.4) is 0 Å². The van der Waals surface area contributed by atoms with E-state index in [0.717, 1.165) is 28.2 Å². The minimum atomic E-state index is 0.136. The van der Waals surface area contributed by atoms with Crippen LogP contribution in [0.15, 0.2) is 24.3 Å². The van der Waals surface area contributed by atoms with Crippen LogP contribution in [0.25, 0.3) is 16.2 Å². The number of aryl methyl sites for hydroxylation is 2. The van der Waals surface area contributed by atoms with E-state index in [4.69, 9.17) is 0 Å². The molecule has 0 aliphatic rings. The summed E-state index contributed by atoms with van der Waals surface area (Å²) in [6, 6.07) is 8.61. The lowest BCUT2D eigenvalue weighted by Crippen LogP contribution is -2.10. The number of hydrogen-bond acceptors (Lipinski definition) is 3.